The largest absolute Gasteiger partial charge is 0.480 e. The number of hydrogen-bond donors (Lipinski definition) is 1. The van der Waals surface area contributed by atoms with E-state index in [1.54, 1.807) is 7.11 Å². The van der Waals surface area contributed by atoms with Crippen LogP contribution in [0.15, 0.2) is 4.47 Å². The van der Waals surface area contributed by atoms with Crippen LogP contribution in [0.3, 0.4) is 0 Å². The number of halogens is 1. The molecule has 1 saturated heterocycles. The molecule has 0 atom stereocenters. The van der Waals surface area contributed by atoms with E-state index in [0.29, 0.717) is 11.8 Å². The van der Waals surface area contributed by atoms with Crippen molar-refractivity contribution in [3.8, 4) is 5.88 Å². The van der Waals surface area contributed by atoms with Crippen LogP contribution in [-0.2, 0) is 4.74 Å². The van der Waals surface area contributed by atoms with Gasteiger partial charge in [-0.1, -0.05) is 0 Å². The van der Waals surface area contributed by atoms with E-state index in [0.717, 1.165) is 36.2 Å². The Labute approximate surface area is 102 Å². The molecule has 0 aliphatic carbocycles. The molecule has 0 aromatic carbocycles. The second kappa shape index (κ2) is 4.97. The molecule has 2 rings (SSSR count). The van der Waals surface area contributed by atoms with Crippen LogP contribution in [0.2, 0.25) is 0 Å². The molecule has 1 fully saturated rings. The Balaban J connectivity index is 2.34. The van der Waals surface area contributed by atoms with E-state index >= 15 is 0 Å². The summed E-state index contributed by atoms with van der Waals surface area (Å²) in [6.45, 7) is 1.53. The number of hydrogen-bond acceptors (Lipinski definition) is 5. The van der Waals surface area contributed by atoms with Crippen LogP contribution in [0.4, 0.5) is 5.95 Å². The van der Waals surface area contributed by atoms with Crippen molar-refractivity contribution < 1.29 is 9.47 Å². The van der Waals surface area contributed by atoms with E-state index in [1.165, 1.54) is 0 Å². The first-order chi connectivity index (χ1) is 7.72. The fraction of sp³-hybridized carbons (Fsp3) is 0.600. The average molecular weight is 288 g/mol. The van der Waals surface area contributed by atoms with Crippen LogP contribution in [0.5, 0.6) is 5.88 Å². The van der Waals surface area contributed by atoms with E-state index < -0.39 is 0 Å². The predicted octanol–water partition coefficient (Wildman–Crippen LogP) is 1.72. The summed E-state index contributed by atoms with van der Waals surface area (Å²) >= 11 is 3.46. The Morgan fingerprint density at radius 2 is 2.06 bits per heavy atom. The van der Waals surface area contributed by atoms with Gasteiger partial charge in [0.05, 0.1) is 12.8 Å². The van der Waals surface area contributed by atoms with Gasteiger partial charge in [-0.15, -0.1) is 0 Å². The lowest BCUT2D eigenvalue weighted by Gasteiger charge is -2.22. The fourth-order valence-corrected chi connectivity index (χ4v) is 2.50. The van der Waals surface area contributed by atoms with Gasteiger partial charge in [-0.25, -0.2) is 4.98 Å². The van der Waals surface area contributed by atoms with Crippen molar-refractivity contribution in [3.63, 3.8) is 0 Å². The first kappa shape index (κ1) is 11.6. The van der Waals surface area contributed by atoms with Gasteiger partial charge in [0, 0.05) is 19.1 Å². The van der Waals surface area contributed by atoms with E-state index in [1.807, 2.05) is 0 Å². The molecular formula is C10H14BrN3O2. The Bertz CT molecular complexity index is 381. The van der Waals surface area contributed by atoms with Crippen molar-refractivity contribution in [2.45, 2.75) is 18.8 Å². The van der Waals surface area contributed by atoms with Crippen LogP contribution in [0.25, 0.3) is 0 Å². The van der Waals surface area contributed by atoms with Gasteiger partial charge >= 0.3 is 0 Å². The molecule has 2 heterocycles. The summed E-state index contributed by atoms with van der Waals surface area (Å²) < 4.78 is 11.3. The third-order valence-corrected chi connectivity index (χ3v) is 3.41. The number of aromatic nitrogens is 2. The lowest BCUT2D eigenvalue weighted by molar-refractivity contribution is 0.0843. The highest BCUT2D eigenvalue weighted by Crippen LogP contribution is 2.35. The fourth-order valence-electron chi connectivity index (χ4n) is 1.84. The smallest absolute Gasteiger partial charge is 0.232 e. The van der Waals surface area contributed by atoms with Gasteiger partial charge in [-0.05, 0) is 28.8 Å². The lowest BCUT2D eigenvalue weighted by atomic mass is 9.96. The molecule has 0 spiro atoms. The number of nitrogens with zero attached hydrogens (tertiary/aromatic N) is 2. The highest BCUT2D eigenvalue weighted by atomic mass is 79.9. The zero-order chi connectivity index (χ0) is 11.5. The number of methoxy groups -OCH3 is 1. The Hall–Kier alpha value is -0.880. The SMILES string of the molecule is COc1nc(N)nc(C2CCOCC2)c1Br. The average Bonchev–Trinajstić information content (AvgIpc) is 2.33. The molecule has 0 amide bonds. The first-order valence-electron chi connectivity index (χ1n) is 5.17. The van der Waals surface area contributed by atoms with Crippen molar-refractivity contribution >= 4 is 21.9 Å². The molecule has 5 nitrogen and oxygen atoms in total. The molecule has 88 valence electrons. The lowest BCUT2D eigenvalue weighted by Crippen LogP contribution is -2.17. The molecule has 0 saturated carbocycles. The summed E-state index contributed by atoms with van der Waals surface area (Å²) in [7, 11) is 1.57. The minimum absolute atomic E-state index is 0.251. The molecule has 6 heteroatoms. The number of anilines is 1. The van der Waals surface area contributed by atoms with Gasteiger partial charge in [0.15, 0.2) is 0 Å². The summed E-state index contributed by atoms with van der Waals surface area (Å²) in [5, 5.41) is 0. The topological polar surface area (TPSA) is 70.3 Å². The van der Waals surface area contributed by atoms with Crippen molar-refractivity contribution in [1.29, 1.82) is 0 Å². The van der Waals surface area contributed by atoms with Gasteiger partial charge in [0.2, 0.25) is 11.8 Å². The molecule has 0 unspecified atom stereocenters. The molecule has 1 aromatic heterocycles. The van der Waals surface area contributed by atoms with Crippen LogP contribution in [0, 0.1) is 0 Å². The standard InChI is InChI=1S/C10H14BrN3O2/c1-15-9-7(11)8(13-10(12)14-9)6-2-4-16-5-3-6/h6H,2-5H2,1H3,(H2,12,13,14). The Morgan fingerprint density at radius 3 is 2.69 bits per heavy atom. The second-order valence-electron chi connectivity index (χ2n) is 3.68. The summed E-state index contributed by atoms with van der Waals surface area (Å²) in [6.07, 6.45) is 1.91. The molecule has 1 aliphatic heterocycles. The minimum atomic E-state index is 0.251. The number of nitrogens with two attached hydrogens (primary N) is 1. The van der Waals surface area contributed by atoms with E-state index in [-0.39, 0.29) is 5.95 Å². The maximum atomic E-state index is 5.66. The van der Waals surface area contributed by atoms with Crippen LogP contribution in [0.1, 0.15) is 24.5 Å². The van der Waals surface area contributed by atoms with Crippen LogP contribution >= 0.6 is 15.9 Å². The minimum Gasteiger partial charge on any atom is -0.480 e. The van der Waals surface area contributed by atoms with Gasteiger partial charge in [0.25, 0.3) is 0 Å². The van der Waals surface area contributed by atoms with Crippen molar-refractivity contribution in [1.82, 2.24) is 9.97 Å². The monoisotopic (exact) mass is 287 g/mol. The van der Waals surface area contributed by atoms with Gasteiger partial charge < -0.3 is 15.2 Å². The summed E-state index contributed by atoms with van der Waals surface area (Å²) in [5.74, 6) is 1.11. The number of rotatable bonds is 2. The quantitative estimate of drug-likeness (QED) is 0.897. The number of nitrogen functional groups attached to an aromatic ring is 1. The van der Waals surface area contributed by atoms with Gasteiger partial charge in [-0.3, -0.25) is 0 Å². The van der Waals surface area contributed by atoms with Crippen molar-refractivity contribution in [2.24, 2.45) is 0 Å². The van der Waals surface area contributed by atoms with E-state index in [2.05, 4.69) is 25.9 Å². The van der Waals surface area contributed by atoms with Gasteiger partial charge in [0.1, 0.15) is 4.47 Å². The third-order valence-electron chi connectivity index (χ3n) is 2.67. The van der Waals surface area contributed by atoms with Gasteiger partial charge in [-0.2, -0.15) is 4.98 Å². The van der Waals surface area contributed by atoms with Crippen LogP contribution in [-0.4, -0.2) is 30.3 Å². The molecule has 16 heavy (non-hydrogen) atoms. The third kappa shape index (κ3) is 2.27. The molecule has 1 aliphatic rings. The molecule has 0 radical (unpaired) electrons. The van der Waals surface area contributed by atoms with Crippen LogP contribution < -0.4 is 10.5 Å². The molecule has 1 aromatic rings. The van der Waals surface area contributed by atoms with Crippen molar-refractivity contribution in [2.75, 3.05) is 26.1 Å². The summed E-state index contributed by atoms with van der Waals surface area (Å²) in [6, 6.07) is 0. The van der Waals surface area contributed by atoms with E-state index in [4.69, 9.17) is 15.2 Å². The second-order valence-corrected chi connectivity index (χ2v) is 4.47. The summed E-state index contributed by atoms with van der Waals surface area (Å²) in [4.78, 5) is 8.30. The van der Waals surface area contributed by atoms with Crippen molar-refractivity contribution in [3.05, 3.63) is 10.2 Å². The predicted molar refractivity (Wildman–Crippen MR) is 63.5 cm³/mol. The number of ether oxygens (including phenoxy) is 2. The molecule has 2 N–H and O–H groups in total. The first-order valence-corrected chi connectivity index (χ1v) is 5.96. The molecular weight excluding hydrogens is 274 g/mol. The maximum Gasteiger partial charge on any atom is 0.232 e. The Kier molecular flexibility index (Phi) is 3.60. The molecule has 0 bridgehead atoms. The Morgan fingerprint density at radius 1 is 1.38 bits per heavy atom. The van der Waals surface area contributed by atoms with E-state index in [9.17, 15) is 0 Å². The zero-order valence-corrected chi connectivity index (χ0v) is 10.7. The normalized spacial score (nSPS) is 17.4. The summed E-state index contributed by atoms with van der Waals surface area (Å²) in [5.41, 5.74) is 6.58. The maximum absolute atomic E-state index is 5.66. The zero-order valence-electron chi connectivity index (χ0n) is 9.07. The highest BCUT2D eigenvalue weighted by Gasteiger charge is 2.22. The highest BCUT2D eigenvalue weighted by molar-refractivity contribution is 9.10.